The third kappa shape index (κ3) is 6.01. The number of amides is 2. The number of carbonyl (C=O) groups excluding carboxylic acids is 2. The molecule has 166 valence electrons. The van der Waals surface area contributed by atoms with Crippen molar-refractivity contribution in [3.05, 3.63) is 83.7 Å². The van der Waals surface area contributed by atoms with E-state index in [0.717, 1.165) is 16.7 Å². The van der Waals surface area contributed by atoms with Gasteiger partial charge in [0, 0.05) is 18.8 Å². The largest absolute Gasteiger partial charge is 0.349 e. The van der Waals surface area contributed by atoms with E-state index in [1.165, 1.54) is 6.26 Å². The van der Waals surface area contributed by atoms with Crippen molar-refractivity contribution in [2.75, 3.05) is 6.26 Å². The van der Waals surface area contributed by atoms with Crippen molar-refractivity contribution in [1.82, 2.24) is 15.6 Å². The van der Waals surface area contributed by atoms with Gasteiger partial charge in [0.05, 0.1) is 4.90 Å². The number of nitrogens with one attached hydrogen (secondary N) is 2. The average Bonchev–Trinajstić information content (AvgIpc) is 2.77. The van der Waals surface area contributed by atoms with Gasteiger partial charge >= 0.3 is 0 Å². The van der Waals surface area contributed by atoms with Crippen molar-refractivity contribution in [3.8, 4) is 11.1 Å². The van der Waals surface area contributed by atoms with Crippen LogP contribution in [0.1, 0.15) is 40.4 Å². The number of hydrogen-bond acceptors (Lipinski definition) is 5. The van der Waals surface area contributed by atoms with Gasteiger partial charge in [-0.25, -0.2) is 13.4 Å². The van der Waals surface area contributed by atoms with E-state index in [-0.39, 0.29) is 40.7 Å². The topological polar surface area (TPSA) is 105 Å². The lowest BCUT2D eigenvalue weighted by molar-refractivity contribution is 0.0936. The van der Waals surface area contributed by atoms with Crippen LogP contribution in [0.15, 0.2) is 71.6 Å². The maximum absolute atomic E-state index is 12.5. The van der Waals surface area contributed by atoms with Crippen LogP contribution in [0, 0.1) is 0 Å². The second-order valence-electron chi connectivity index (χ2n) is 7.72. The van der Waals surface area contributed by atoms with Crippen molar-refractivity contribution in [1.29, 1.82) is 0 Å². The molecular formula is C24H25N3O4S. The van der Waals surface area contributed by atoms with Gasteiger partial charge in [0.15, 0.2) is 9.84 Å². The first-order valence-electron chi connectivity index (χ1n) is 10.1. The van der Waals surface area contributed by atoms with E-state index in [1.807, 2.05) is 38.1 Å². The molecule has 0 aliphatic rings. The highest BCUT2D eigenvalue weighted by Gasteiger charge is 2.13. The zero-order chi connectivity index (χ0) is 23.3. The molecule has 0 saturated carbocycles. The first-order chi connectivity index (χ1) is 15.1. The van der Waals surface area contributed by atoms with E-state index >= 15 is 0 Å². The number of hydrogen-bond donors (Lipinski definition) is 2. The lowest BCUT2D eigenvalue weighted by atomic mass is 10.0. The highest BCUT2D eigenvalue weighted by molar-refractivity contribution is 7.90. The van der Waals surface area contributed by atoms with E-state index in [4.69, 9.17) is 0 Å². The van der Waals surface area contributed by atoms with Crippen molar-refractivity contribution < 1.29 is 18.0 Å². The third-order valence-electron chi connectivity index (χ3n) is 4.63. The molecular weight excluding hydrogens is 426 g/mol. The van der Waals surface area contributed by atoms with Crippen LogP contribution in [-0.2, 0) is 16.4 Å². The number of pyridine rings is 1. The fourth-order valence-electron chi connectivity index (χ4n) is 3.05. The first-order valence-corrected chi connectivity index (χ1v) is 12.0. The Morgan fingerprint density at radius 1 is 0.875 bits per heavy atom. The smallest absolute Gasteiger partial charge is 0.270 e. The summed E-state index contributed by atoms with van der Waals surface area (Å²) in [5.74, 6) is -0.712. The molecule has 0 aliphatic carbocycles. The Balaban J connectivity index is 1.69. The first kappa shape index (κ1) is 23.1. The van der Waals surface area contributed by atoms with Crippen LogP contribution >= 0.6 is 0 Å². The monoisotopic (exact) mass is 451 g/mol. The number of benzene rings is 2. The van der Waals surface area contributed by atoms with Crippen molar-refractivity contribution >= 4 is 21.7 Å². The maximum atomic E-state index is 12.5. The Kier molecular flexibility index (Phi) is 7.05. The van der Waals surface area contributed by atoms with Crippen LogP contribution < -0.4 is 10.6 Å². The van der Waals surface area contributed by atoms with Crippen molar-refractivity contribution in [2.45, 2.75) is 31.3 Å². The van der Waals surface area contributed by atoms with Crippen molar-refractivity contribution in [3.63, 3.8) is 0 Å². The highest BCUT2D eigenvalue weighted by atomic mass is 32.2. The molecule has 0 spiro atoms. The molecule has 0 unspecified atom stereocenters. The standard InChI is InChI=1S/C24H25N3O4S/c1-16(2)26-24(29)22-9-5-8-21(27-22)23(28)25-15-17-6-4-7-19(14-17)18-10-12-20(13-11-18)32(3,30)31/h4-14,16H,15H2,1-3H3,(H,25,28)(H,26,29). The van der Waals surface area contributed by atoms with Crippen LogP contribution in [0.3, 0.4) is 0 Å². The Bertz CT molecular complexity index is 1240. The summed E-state index contributed by atoms with van der Waals surface area (Å²) in [6, 6.07) is 19.0. The van der Waals surface area contributed by atoms with Gasteiger partial charge in [-0.3, -0.25) is 9.59 Å². The van der Waals surface area contributed by atoms with Crippen LogP contribution in [-0.4, -0.2) is 37.5 Å². The van der Waals surface area contributed by atoms with E-state index in [9.17, 15) is 18.0 Å². The van der Waals surface area contributed by atoms with E-state index in [0.29, 0.717) is 0 Å². The second-order valence-corrected chi connectivity index (χ2v) is 9.73. The molecule has 0 atom stereocenters. The van der Waals surface area contributed by atoms with E-state index in [2.05, 4.69) is 15.6 Å². The molecule has 2 amide bonds. The summed E-state index contributed by atoms with van der Waals surface area (Å²) in [5.41, 5.74) is 3.00. The molecule has 0 radical (unpaired) electrons. The van der Waals surface area contributed by atoms with Gasteiger partial charge in [-0.15, -0.1) is 0 Å². The molecule has 0 saturated heterocycles. The van der Waals surface area contributed by atoms with Crippen LogP contribution in [0.5, 0.6) is 0 Å². The minimum Gasteiger partial charge on any atom is -0.349 e. The fraction of sp³-hybridized carbons (Fsp3) is 0.208. The van der Waals surface area contributed by atoms with Gasteiger partial charge in [0.2, 0.25) is 0 Å². The predicted molar refractivity (Wildman–Crippen MR) is 123 cm³/mol. The molecule has 32 heavy (non-hydrogen) atoms. The zero-order valence-electron chi connectivity index (χ0n) is 18.1. The summed E-state index contributed by atoms with van der Waals surface area (Å²) in [6.07, 6.45) is 1.17. The Hall–Kier alpha value is -3.52. The van der Waals surface area contributed by atoms with Gasteiger partial charge in [-0.05, 0) is 60.9 Å². The fourth-order valence-corrected chi connectivity index (χ4v) is 3.68. The molecule has 2 N–H and O–H groups in total. The van der Waals surface area contributed by atoms with Gasteiger partial charge < -0.3 is 10.6 Å². The summed E-state index contributed by atoms with van der Waals surface area (Å²) in [7, 11) is -3.25. The molecule has 0 bridgehead atoms. The Morgan fingerprint density at radius 3 is 2.12 bits per heavy atom. The molecule has 7 nitrogen and oxygen atoms in total. The van der Waals surface area contributed by atoms with Crippen molar-refractivity contribution in [2.24, 2.45) is 0 Å². The Morgan fingerprint density at radius 2 is 1.50 bits per heavy atom. The van der Waals surface area contributed by atoms with Gasteiger partial charge in [0.1, 0.15) is 11.4 Å². The molecule has 2 aromatic carbocycles. The van der Waals surface area contributed by atoms with Crippen LogP contribution in [0.4, 0.5) is 0 Å². The molecule has 3 aromatic rings. The highest BCUT2D eigenvalue weighted by Crippen LogP contribution is 2.22. The Labute approximate surface area is 187 Å². The van der Waals surface area contributed by atoms with Gasteiger partial charge in [-0.1, -0.05) is 36.4 Å². The zero-order valence-corrected chi connectivity index (χ0v) is 18.9. The lowest BCUT2D eigenvalue weighted by Crippen LogP contribution is -2.31. The number of carbonyl (C=O) groups is 2. The molecule has 8 heteroatoms. The summed E-state index contributed by atoms with van der Waals surface area (Å²) >= 11 is 0. The number of sulfone groups is 1. The molecule has 1 heterocycles. The lowest BCUT2D eigenvalue weighted by Gasteiger charge is -2.10. The number of rotatable bonds is 7. The molecule has 3 rings (SSSR count). The predicted octanol–water partition coefficient (Wildman–Crippen LogP) is 3.22. The molecule has 1 aromatic heterocycles. The number of nitrogens with zero attached hydrogens (tertiary/aromatic N) is 1. The summed E-state index contributed by atoms with van der Waals surface area (Å²) in [4.78, 5) is 29.1. The van der Waals surface area contributed by atoms with Gasteiger partial charge in [0.25, 0.3) is 11.8 Å². The SMILES string of the molecule is CC(C)NC(=O)c1cccc(C(=O)NCc2cccc(-c3ccc(S(C)(=O)=O)cc3)c2)n1. The molecule has 0 aliphatic heterocycles. The minimum absolute atomic E-state index is 0.0309. The second kappa shape index (κ2) is 9.74. The average molecular weight is 452 g/mol. The quantitative estimate of drug-likeness (QED) is 0.574. The van der Waals surface area contributed by atoms with E-state index in [1.54, 1.807) is 42.5 Å². The maximum Gasteiger partial charge on any atom is 0.270 e. The van der Waals surface area contributed by atoms with Crippen LogP contribution in [0.2, 0.25) is 0 Å². The molecule has 0 fully saturated rings. The minimum atomic E-state index is -3.25. The van der Waals surface area contributed by atoms with Crippen LogP contribution in [0.25, 0.3) is 11.1 Å². The summed E-state index contributed by atoms with van der Waals surface area (Å²) in [5, 5.41) is 5.57. The summed E-state index contributed by atoms with van der Waals surface area (Å²) < 4.78 is 23.3. The normalized spacial score (nSPS) is 11.2. The summed E-state index contributed by atoms with van der Waals surface area (Å²) in [6.45, 7) is 3.98. The third-order valence-corrected chi connectivity index (χ3v) is 5.76. The number of aromatic nitrogens is 1. The van der Waals surface area contributed by atoms with E-state index < -0.39 is 9.84 Å². The van der Waals surface area contributed by atoms with Gasteiger partial charge in [-0.2, -0.15) is 0 Å².